The van der Waals surface area contributed by atoms with Gasteiger partial charge in [-0.1, -0.05) is 0 Å². The molecule has 0 bridgehead atoms. The minimum Gasteiger partial charge on any atom is -0.481 e. The number of halogens is 3. The molecule has 0 aromatic carbocycles. The van der Waals surface area contributed by atoms with E-state index in [0.717, 1.165) is 10.7 Å². The maximum atomic E-state index is 12.8. The summed E-state index contributed by atoms with van der Waals surface area (Å²) in [5.74, 6) is -1.22. The second-order valence-corrected chi connectivity index (χ2v) is 4.88. The number of nitrogens with zero attached hydrogens (tertiary/aromatic N) is 2. The van der Waals surface area contributed by atoms with Gasteiger partial charge in [-0.25, -0.2) is 0 Å². The fourth-order valence-electron chi connectivity index (χ4n) is 1.41. The molecule has 1 aromatic rings. The van der Waals surface area contributed by atoms with Crippen LogP contribution in [0.4, 0.5) is 13.2 Å². The lowest BCUT2D eigenvalue weighted by molar-refractivity contribution is -0.145. The first-order valence-electron chi connectivity index (χ1n) is 5.38. The fraction of sp³-hybridized carbons (Fsp3) is 0.636. The van der Waals surface area contributed by atoms with E-state index in [1.165, 1.54) is 13.8 Å². The zero-order valence-electron chi connectivity index (χ0n) is 10.5. The third-order valence-electron chi connectivity index (χ3n) is 2.69. The van der Waals surface area contributed by atoms with Gasteiger partial charge in [0.05, 0.1) is 5.69 Å². The smallest absolute Gasteiger partial charge is 0.433 e. The molecule has 7 heteroatoms. The summed E-state index contributed by atoms with van der Waals surface area (Å²) in [4.78, 5) is 11.0. The monoisotopic (exact) mass is 264 g/mol. The van der Waals surface area contributed by atoms with Crippen molar-refractivity contribution in [3.8, 4) is 0 Å². The van der Waals surface area contributed by atoms with Crippen LogP contribution in [0.1, 0.15) is 45.1 Å². The number of hydrogen-bond acceptors (Lipinski definition) is 2. The Labute approximate surface area is 102 Å². The third kappa shape index (κ3) is 2.49. The second-order valence-electron chi connectivity index (χ2n) is 4.88. The largest absolute Gasteiger partial charge is 0.481 e. The van der Waals surface area contributed by atoms with Gasteiger partial charge in [0.2, 0.25) is 0 Å². The highest BCUT2D eigenvalue weighted by atomic mass is 19.4. The number of rotatable bonds is 3. The Morgan fingerprint density at radius 2 is 1.89 bits per heavy atom. The number of aromatic nitrogens is 2. The van der Waals surface area contributed by atoms with Gasteiger partial charge in [0, 0.05) is 6.04 Å². The number of hydrogen-bond donors (Lipinski definition) is 1. The van der Waals surface area contributed by atoms with E-state index < -0.39 is 29.3 Å². The van der Waals surface area contributed by atoms with Gasteiger partial charge >= 0.3 is 12.1 Å². The number of alkyl halides is 3. The number of aliphatic carboxylic acids is 1. The summed E-state index contributed by atoms with van der Waals surface area (Å²) in [7, 11) is 0. The summed E-state index contributed by atoms with van der Waals surface area (Å²) in [6.45, 7) is 5.75. The van der Waals surface area contributed by atoms with Crippen LogP contribution in [0.25, 0.3) is 0 Å². The Balaban J connectivity index is 3.40. The number of carboxylic acids is 1. The molecule has 0 aliphatic carbocycles. The SMILES string of the molecule is CC(C)n1nc(C(C)(C)C(=O)O)cc1C(F)(F)F. The van der Waals surface area contributed by atoms with Crippen molar-refractivity contribution in [2.75, 3.05) is 0 Å². The second kappa shape index (κ2) is 4.29. The molecule has 102 valence electrons. The number of carboxylic acid groups (broad SMARTS) is 1. The molecule has 0 amide bonds. The molecule has 4 nitrogen and oxygen atoms in total. The summed E-state index contributed by atoms with van der Waals surface area (Å²) in [5, 5.41) is 12.8. The Kier molecular flexibility index (Phi) is 3.47. The zero-order valence-corrected chi connectivity index (χ0v) is 10.5. The third-order valence-corrected chi connectivity index (χ3v) is 2.69. The van der Waals surface area contributed by atoms with Crippen molar-refractivity contribution in [3.05, 3.63) is 17.5 Å². The van der Waals surface area contributed by atoms with Crippen molar-refractivity contribution in [1.82, 2.24) is 9.78 Å². The topological polar surface area (TPSA) is 55.1 Å². The molecular weight excluding hydrogens is 249 g/mol. The highest BCUT2D eigenvalue weighted by Gasteiger charge is 2.40. The van der Waals surface area contributed by atoms with Crippen molar-refractivity contribution in [2.45, 2.75) is 45.3 Å². The fourth-order valence-corrected chi connectivity index (χ4v) is 1.41. The molecule has 0 saturated carbocycles. The molecule has 1 rings (SSSR count). The highest BCUT2D eigenvalue weighted by Crippen LogP contribution is 2.34. The van der Waals surface area contributed by atoms with Crippen LogP contribution in [-0.4, -0.2) is 20.9 Å². The summed E-state index contributed by atoms with van der Waals surface area (Å²) >= 11 is 0. The van der Waals surface area contributed by atoms with Crippen LogP contribution in [0.5, 0.6) is 0 Å². The standard InChI is InChI=1S/C11H15F3N2O2/c1-6(2)16-8(11(12,13)14)5-7(15-16)10(3,4)9(17)18/h5-6H,1-4H3,(H,17,18). The Morgan fingerprint density at radius 1 is 1.39 bits per heavy atom. The van der Waals surface area contributed by atoms with Gasteiger partial charge in [-0.05, 0) is 33.8 Å². The molecule has 0 aliphatic heterocycles. The van der Waals surface area contributed by atoms with E-state index in [1.807, 2.05) is 0 Å². The molecule has 0 atom stereocenters. The van der Waals surface area contributed by atoms with E-state index in [9.17, 15) is 18.0 Å². The molecule has 0 unspecified atom stereocenters. The first-order chi connectivity index (χ1) is 7.98. The van der Waals surface area contributed by atoms with Crippen molar-refractivity contribution < 1.29 is 23.1 Å². The van der Waals surface area contributed by atoms with Crippen LogP contribution in [0.3, 0.4) is 0 Å². The van der Waals surface area contributed by atoms with Gasteiger partial charge in [-0.3, -0.25) is 9.48 Å². The first kappa shape index (κ1) is 14.5. The lowest BCUT2D eigenvalue weighted by Gasteiger charge is -2.16. The summed E-state index contributed by atoms with van der Waals surface area (Å²) in [5.41, 5.74) is -2.49. The maximum absolute atomic E-state index is 12.8. The molecular formula is C11H15F3N2O2. The average Bonchev–Trinajstić information content (AvgIpc) is 2.61. The average molecular weight is 264 g/mol. The van der Waals surface area contributed by atoms with E-state index in [1.54, 1.807) is 13.8 Å². The van der Waals surface area contributed by atoms with Crippen LogP contribution in [0, 0.1) is 0 Å². The Morgan fingerprint density at radius 3 is 2.17 bits per heavy atom. The normalized spacial score (nSPS) is 13.1. The van der Waals surface area contributed by atoms with E-state index in [0.29, 0.717) is 0 Å². The van der Waals surface area contributed by atoms with Gasteiger partial charge in [-0.2, -0.15) is 18.3 Å². The predicted octanol–water partition coefficient (Wildman–Crippen LogP) is 2.85. The van der Waals surface area contributed by atoms with Crippen LogP contribution in [-0.2, 0) is 16.4 Å². The lowest BCUT2D eigenvalue weighted by atomic mass is 9.89. The van der Waals surface area contributed by atoms with Crippen LogP contribution >= 0.6 is 0 Å². The molecule has 0 saturated heterocycles. The van der Waals surface area contributed by atoms with E-state index in [4.69, 9.17) is 5.11 Å². The molecule has 1 N–H and O–H groups in total. The van der Waals surface area contributed by atoms with Crippen LogP contribution < -0.4 is 0 Å². The van der Waals surface area contributed by atoms with Gasteiger partial charge < -0.3 is 5.11 Å². The summed E-state index contributed by atoms with van der Waals surface area (Å²) in [6, 6.07) is 0.300. The van der Waals surface area contributed by atoms with E-state index in [-0.39, 0.29) is 5.69 Å². The van der Waals surface area contributed by atoms with Gasteiger partial charge in [0.1, 0.15) is 11.1 Å². The molecule has 1 heterocycles. The van der Waals surface area contributed by atoms with Gasteiger partial charge in [-0.15, -0.1) is 0 Å². The Hall–Kier alpha value is -1.53. The van der Waals surface area contributed by atoms with Crippen LogP contribution in [0.2, 0.25) is 0 Å². The van der Waals surface area contributed by atoms with Crippen molar-refractivity contribution in [2.24, 2.45) is 0 Å². The van der Waals surface area contributed by atoms with Crippen molar-refractivity contribution >= 4 is 5.97 Å². The Bertz CT molecular complexity index is 461. The first-order valence-corrected chi connectivity index (χ1v) is 5.38. The maximum Gasteiger partial charge on any atom is 0.433 e. The van der Waals surface area contributed by atoms with Gasteiger partial charge in [0.25, 0.3) is 0 Å². The quantitative estimate of drug-likeness (QED) is 0.913. The van der Waals surface area contributed by atoms with Gasteiger partial charge in [0.15, 0.2) is 0 Å². The minimum absolute atomic E-state index is 0.101. The predicted molar refractivity (Wildman–Crippen MR) is 58.3 cm³/mol. The molecule has 1 aromatic heterocycles. The molecule has 0 spiro atoms. The van der Waals surface area contributed by atoms with E-state index in [2.05, 4.69) is 5.10 Å². The summed E-state index contributed by atoms with van der Waals surface area (Å²) < 4.78 is 39.2. The highest BCUT2D eigenvalue weighted by molar-refractivity contribution is 5.79. The minimum atomic E-state index is -4.55. The summed E-state index contributed by atoms with van der Waals surface area (Å²) in [6.07, 6.45) is -4.55. The zero-order chi connectivity index (χ0) is 14.3. The van der Waals surface area contributed by atoms with Crippen molar-refractivity contribution in [3.63, 3.8) is 0 Å². The molecule has 0 aliphatic rings. The number of carbonyl (C=O) groups is 1. The van der Waals surface area contributed by atoms with E-state index >= 15 is 0 Å². The molecule has 0 fully saturated rings. The molecule has 0 radical (unpaired) electrons. The molecule has 18 heavy (non-hydrogen) atoms. The van der Waals surface area contributed by atoms with Crippen molar-refractivity contribution in [1.29, 1.82) is 0 Å². The lowest BCUT2D eigenvalue weighted by Crippen LogP contribution is -2.29. The van der Waals surface area contributed by atoms with Crippen LogP contribution in [0.15, 0.2) is 6.07 Å².